The minimum atomic E-state index is -0.742. The van der Waals surface area contributed by atoms with E-state index in [4.69, 9.17) is 21.1 Å². The second-order valence-electron chi connectivity index (χ2n) is 7.67. The number of fused-ring (bicyclic) bond motifs is 1. The maximum Gasteiger partial charge on any atom is 0.338 e. The highest BCUT2D eigenvalue weighted by Gasteiger charge is 2.33. The lowest BCUT2D eigenvalue weighted by molar-refractivity contribution is -0.139. The molecular weight excluding hydrogens is 488 g/mol. The van der Waals surface area contributed by atoms with E-state index in [0.717, 1.165) is 0 Å². The zero-order valence-electron chi connectivity index (χ0n) is 19.2. The van der Waals surface area contributed by atoms with Crippen molar-refractivity contribution in [3.63, 3.8) is 0 Å². The van der Waals surface area contributed by atoms with Crippen LogP contribution >= 0.6 is 22.9 Å². The molecule has 3 aromatic rings. The molecule has 180 valence electrons. The maximum atomic E-state index is 13.6. The van der Waals surface area contributed by atoms with Crippen LogP contribution in [0.15, 0.2) is 76.2 Å². The van der Waals surface area contributed by atoms with Gasteiger partial charge in [0.25, 0.3) is 5.56 Å². The van der Waals surface area contributed by atoms with E-state index >= 15 is 0 Å². The smallest absolute Gasteiger partial charge is 0.338 e. The summed E-state index contributed by atoms with van der Waals surface area (Å²) in [6.45, 7) is 7.64. The molecule has 0 unspecified atom stereocenters. The minimum absolute atomic E-state index is 0.00436. The van der Waals surface area contributed by atoms with Crippen molar-refractivity contribution in [2.45, 2.75) is 19.9 Å². The fourth-order valence-corrected chi connectivity index (χ4v) is 5.01. The van der Waals surface area contributed by atoms with Gasteiger partial charge in [-0.3, -0.25) is 9.36 Å². The van der Waals surface area contributed by atoms with Gasteiger partial charge in [-0.2, -0.15) is 0 Å². The number of phenols is 1. The molecule has 1 aliphatic heterocycles. The first-order valence-electron chi connectivity index (χ1n) is 10.9. The van der Waals surface area contributed by atoms with Gasteiger partial charge >= 0.3 is 5.97 Å². The highest BCUT2D eigenvalue weighted by atomic mass is 35.5. The summed E-state index contributed by atoms with van der Waals surface area (Å²) >= 11 is 7.24. The number of halogens is 1. The summed E-state index contributed by atoms with van der Waals surface area (Å²) in [4.78, 5) is 31.5. The Bertz CT molecular complexity index is 1500. The molecule has 2 aromatic carbocycles. The number of hydrogen-bond donors (Lipinski definition) is 1. The zero-order valence-corrected chi connectivity index (χ0v) is 20.7. The van der Waals surface area contributed by atoms with Gasteiger partial charge in [-0.25, -0.2) is 9.79 Å². The van der Waals surface area contributed by atoms with Crippen LogP contribution in [0.5, 0.6) is 11.5 Å². The lowest BCUT2D eigenvalue weighted by Gasteiger charge is -2.24. The molecule has 0 radical (unpaired) electrons. The molecule has 1 aromatic heterocycles. The Morgan fingerprint density at radius 3 is 2.71 bits per heavy atom. The number of benzene rings is 2. The number of aromatic hydroxyl groups is 1. The summed E-state index contributed by atoms with van der Waals surface area (Å²) in [5.74, 6) is 0.0960. The molecule has 9 heteroatoms. The van der Waals surface area contributed by atoms with Crippen molar-refractivity contribution >= 4 is 35.0 Å². The number of phenolic OH excluding ortho intramolecular Hbond substituents is 1. The number of rotatable bonds is 7. The molecule has 0 fully saturated rings. The zero-order chi connectivity index (χ0) is 25.1. The predicted molar refractivity (Wildman–Crippen MR) is 136 cm³/mol. The van der Waals surface area contributed by atoms with Gasteiger partial charge in [0.1, 0.15) is 18.1 Å². The van der Waals surface area contributed by atoms with Crippen LogP contribution in [0.2, 0.25) is 5.02 Å². The number of esters is 1. The van der Waals surface area contributed by atoms with Gasteiger partial charge in [-0.15, -0.1) is 0 Å². The molecule has 0 aliphatic carbocycles. The van der Waals surface area contributed by atoms with Gasteiger partial charge in [0, 0.05) is 10.6 Å². The highest BCUT2D eigenvalue weighted by molar-refractivity contribution is 7.07. The average Bonchev–Trinajstić information content (AvgIpc) is 3.14. The van der Waals surface area contributed by atoms with Crippen LogP contribution in [-0.2, 0) is 9.53 Å². The summed E-state index contributed by atoms with van der Waals surface area (Å²) < 4.78 is 12.7. The predicted octanol–water partition coefficient (Wildman–Crippen LogP) is 3.72. The fraction of sp³-hybridized carbons (Fsp3) is 0.192. The average molecular weight is 511 g/mol. The van der Waals surface area contributed by atoms with Crippen LogP contribution in [0.4, 0.5) is 0 Å². The van der Waals surface area contributed by atoms with E-state index in [1.807, 2.05) is 0 Å². The number of ether oxygens (including phenoxy) is 2. The van der Waals surface area contributed by atoms with E-state index in [9.17, 15) is 14.7 Å². The van der Waals surface area contributed by atoms with Crippen LogP contribution in [0.3, 0.4) is 0 Å². The number of aromatic nitrogens is 1. The number of nitrogens with zero attached hydrogens (tertiary/aromatic N) is 2. The Morgan fingerprint density at radius 2 is 2.03 bits per heavy atom. The Morgan fingerprint density at radius 1 is 1.29 bits per heavy atom. The van der Waals surface area contributed by atoms with Crippen molar-refractivity contribution in [3.8, 4) is 11.5 Å². The van der Waals surface area contributed by atoms with Gasteiger partial charge < -0.3 is 14.6 Å². The molecule has 0 amide bonds. The monoisotopic (exact) mass is 510 g/mol. The lowest BCUT2D eigenvalue weighted by Crippen LogP contribution is -2.39. The number of carbonyl (C=O) groups excluding carboxylic acids is 1. The van der Waals surface area contributed by atoms with Gasteiger partial charge in [-0.05, 0) is 55.8 Å². The number of carbonyl (C=O) groups is 1. The van der Waals surface area contributed by atoms with Crippen molar-refractivity contribution in [3.05, 3.63) is 102 Å². The van der Waals surface area contributed by atoms with Gasteiger partial charge in [0.05, 0.1) is 28.5 Å². The summed E-state index contributed by atoms with van der Waals surface area (Å²) in [5, 5.41) is 10.6. The normalized spacial score (nSPS) is 15.4. The van der Waals surface area contributed by atoms with Crippen LogP contribution in [0.1, 0.15) is 31.0 Å². The number of thiazole rings is 1. The van der Waals surface area contributed by atoms with Crippen LogP contribution in [-0.4, -0.2) is 28.9 Å². The summed E-state index contributed by atoms with van der Waals surface area (Å²) in [6.07, 6.45) is 3.21. The van der Waals surface area contributed by atoms with E-state index in [0.29, 0.717) is 43.5 Å². The van der Waals surface area contributed by atoms with Crippen molar-refractivity contribution in [2.75, 3.05) is 13.2 Å². The highest BCUT2D eigenvalue weighted by Crippen LogP contribution is 2.31. The summed E-state index contributed by atoms with van der Waals surface area (Å²) in [6, 6.07) is 11.0. The molecule has 7 nitrogen and oxygen atoms in total. The molecule has 0 spiro atoms. The van der Waals surface area contributed by atoms with Gasteiger partial charge in [0.15, 0.2) is 4.80 Å². The van der Waals surface area contributed by atoms with E-state index in [2.05, 4.69) is 11.6 Å². The third kappa shape index (κ3) is 4.94. The van der Waals surface area contributed by atoms with E-state index in [-0.39, 0.29) is 23.5 Å². The van der Waals surface area contributed by atoms with E-state index in [1.54, 1.807) is 62.4 Å². The van der Waals surface area contributed by atoms with Crippen LogP contribution in [0, 0.1) is 0 Å². The molecule has 0 bridgehead atoms. The number of allylic oxidation sites excluding steroid dienone is 1. The minimum Gasteiger partial charge on any atom is -0.507 e. The molecule has 1 atom stereocenters. The first-order valence-corrected chi connectivity index (χ1v) is 12.0. The largest absolute Gasteiger partial charge is 0.507 e. The van der Waals surface area contributed by atoms with Gasteiger partial charge in [-0.1, -0.05) is 47.7 Å². The summed E-state index contributed by atoms with van der Waals surface area (Å²) in [7, 11) is 0. The first-order chi connectivity index (χ1) is 16.8. The molecule has 4 rings (SSSR count). The maximum absolute atomic E-state index is 13.6. The van der Waals surface area contributed by atoms with Gasteiger partial charge in [0.2, 0.25) is 0 Å². The Hall–Kier alpha value is -3.62. The Labute approximate surface area is 210 Å². The third-order valence-corrected chi connectivity index (χ3v) is 6.57. The fourth-order valence-electron chi connectivity index (χ4n) is 3.79. The molecule has 1 aliphatic rings. The van der Waals surface area contributed by atoms with E-state index in [1.165, 1.54) is 22.0 Å². The quantitative estimate of drug-likeness (QED) is 0.386. The molecule has 2 heterocycles. The summed E-state index contributed by atoms with van der Waals surface area (Å²) in [5.41, 5.74) is 1.52. The topological polar surface area (TPSA) is 90.1 Å². The first kappa shape index (κ1) is 24.5. The molecule has 0 saturated carbocycles. The standard InChI is InChI=1S/C26H23ClN2O5S/c1-4-12-34-19-9-6-16(7-10-19)23-22(25(32)33-5-2)15(3)28-26-29(23)24(31)21(35-26)14-17-13-18(27)8-11-20(17)30/h4,6-11,13-14,23,30H,1,5,12H2,2-3H3/b21-14-/t23-/m1/s1. The molecule has 35 heavy (non-hydrogen) atoms. The second-order valence-corrected chi connectivity index (χ2v) is 9.12. The van der Waals surface area contributed by atoms with Crippen molar-refractivity contribution in [2.24, 2.45) is 4.99 Å². The van der Waals surface area contributed by atoms with E-state index < -0.39 is 12.0 Å². The lowest BCUT2D eigenvalue weighted by atomic mass is 9.96. The molecule has 1 N–H and O–H groups in total. The van der Waals surface area contributed by atoms with Crippen molar-refractivity contribution < 1.29 is 19.4 Å². The third-order valence-electron chi connectivity index (χ3n) is 5.36. The molecular formula is C26H23ClN2O5S. The Kier molecular flexibility index (Phi) is 7.23. The van der Waals surface area contributed by atoms with Crippen LogP contribution in [0.25, 0.3) is 6.08 Å². The number of hydrogen-bond acceptors (Lipinski definition) is 7. The molecule has 0 saturated heterocycles. The SMILES string of the molecule is C=CCOc1ccc([C@@H]2C(C(=O)OCC)=C(C)N=c3s/c(=C\c4cc(Cl)ccc4O)c(=O)n32)cc1. The Balaban J connectivity index is 1.91. The van der Waals surface area contributed by atoms with Crippen molar-refractivity contribution in [1.82, 2.24) is 4.57 Å². The van der Waals surface area contributed by atoms with Crippen LogP contribution < -0.4 is 19.6 Å². The second kappa shape index (κ2) is 10.3. The van der Waals surface area contributed by atoms with Crippen molar-refractivity contribution in [1.29, 1.82) is 0 Å².